The van der Waals surface area contributed by atoms with Gasteiger partial charge in [-0.2, -0.15) is 0 Å². The summed E-state index contributed by atoms with van der Waals surface area (Å²) in [5.74, 6) is -0.540. The zero-order valence-electron chi connectivity index (χ0n) is 12.8. The molecule has 1 atom stereocenters. The van der Waals surface area contributed by atoms with E-state index in [1.807, 2.05) is 19.9 Å². The number of carbonyl (C=O) groups excluding carboxylic acids is 2. The Morgan fingerprint density at radius 1 is 1.10 bits per heavy atom. The van der Waals surface area contributed by atoms with Gasteiger partial charge < -0.3 is 14.8 Å². The minimum atomic E-state index is -0.344. The molecule has 1 unspecified atom stereocenters. The van der Waals surface area contributed by atoms with Gasteiger partial charge in [-0.15, -0.1) is 0 Å². The molecule has 5 nitrogen and oxygen atoms in total. The molecule has 116 valence electrons. The fourth-order valence-electron chi connectivity index (χ4n) is 1.70. The molecule has 0 spiro atoms. The molecular weight excluding hydrogens is 270 g/mol. The number of nitrogens with one attached hydrogen (secondary N) is 1. The highest BCUT2D eigenvalue weighted by Crippen LogP contribution is 2.01. The van der Waals surface area contributed by atoms with E-state index in [-0.39, 0.29) is 37.0 Å². The monoisotopic (exact) mass is 293 g/mol. The van der Waals surface area contributed by atoms with Crippen LogP contribution in [0.4, 0.5) is 0 Å². The van der Waals surface area contributed by atoms with Gasteiger partial charge in [0.15, 0.2) is 0 Å². The highest BCUT2D eigenvalue weighted by atomic mass is 16.6. The Labute approximate surface area is 125 Å². The Morgan fingerprint density at radius 2 is 1.76 bits per heavy atom. The summed E-state index contributed by atoms with van der Waals surface area (Å²) in [5.41, 5.74) is 0.572. The molecule has 1 amide bonds. The van der Waals surface area contributed by atoms with Crippen LogP contribution in [0.3, 0.4) is 0 Å². The number of esters is 1. The third kappa shape index (κ3) is 7.46. The summed E-state index contributed by atoms with van der Waals surface area (Å²) in [6.45, 7) is 6.23. The molecule has 0 aromatic heterocycles. The van der Waals surface area contributed by atoms with Gasteiger partial charge in [0.25, 0.3) is 5.91 Å². The molecule has 1 aromatic rings. The average molecular weight is 293 g/mol. The quantitative estimate of drug-likeness (QED) is 0.589. The molecule has 0 bridgehead atoms. The Balaban J connectivity index is 2.25. The van der Waals surface area contributed by atoms with Crippen LogP contribution < -0.4 is 5.32 Å². The summed E-state index contributed by atoms with van der Waals surface area (Å²) in [6, 6.07) is 8.60. The number of rotatable bonds is 8. The number of hydrogen-bond acceptors (Lipinski definition) is 4. The maximum Gasteiger partial charge on any atom is 0.307 e. The van der Waals surface area contributed by atoms with E-state index in [1.165, 1.54) is 0 Å². The van der Waals surface area contributed by atoms with Gasteiger partial charge in [0.1, 0.15) is 6.61 Å². The number of carbonyl (C=O) groups is 2. The molecule has 0 heterocycles. The van der Waals surface area contributed by atoms with Crippen molar-refractivity contribution in [1.82, 2.24) is 5.32 Å². The molecule has 0 fully saturated rings. The largest absolute Gasteiger partial charge is 0.463 e. The van der Waals surface area contributed by atoms with Gasteiger partial charge in [-0.25, -0.2) is 0 Å². The topological polar surface area (TPSA) is 64.6 Å². The van der Waals surface area contributed by atoms with Gasteiger partial charge in [0, 0.05) is 11.6 Å². The molecule has 1 aromatic carbocycles. The van der Waals surface area contributed by atoms with Crippen LogP contribution in [0, 0.1) is 0 Å². The van der Waals surface area contributed by atoms with Crippen molar-refractivity contribution in [3.8, 4) is 0 Å². The van der Waals surface area contributed by atoms with Crippen molar-refractivity contribution in [2.75, 3.05) is 13.2 Å². The van der Waals surface area contributed by atoms with E-state index in [4.69, 9.17) is 9.47 Å². The van der Waals surface area contributed by atoms with E-state index in [0.717, 1.165) is 0 Å². The first-order valence-corrected chi connectivity index (χ1v) is 7.12. The molecule has 1 N–H and O–H groups in total. The van der Waals surface area contributed by atoms with Crippen molar-refractivity contribution >= 4 is 11.9 Å². The second-order valence-corrected chi connectivity index (χ2v) is 5.08. The van der Waals surface area contributed by atoms with Gasteiger partial charge in [-0.3, -0.25) is 9.59 Å². The first-order chi connectivity index (χ1) is 9.99. The lowest BCUT2D eigenvalue weighted by Crippen LogP contribution is -2.34. The van der Waals surface area contributed by atoms with Crippen LogP contribution in [0.15, 0.2) is 30.3 Å². The molecule has 0 aliphatic rings. The Morgan fingerprint density at radius 3 is 2.38 bits per heavy atom. The Kier molecular flexibility index (Phi) is 7.46. The van der Waals surface area contributed by atoms with E-state index in [2.05, 4.69) is 5.32 Å². The number of amides is 1. The first-order valence-electron chi connectivity index (χ1n) is 7.12. The molecule has 1 rings (SSSR count). The van der Waals surface area contributed by atoms with Crippen LogP contribution in [-0.2, 0) is 14.3 Å². The number of ether oxygens (including phenoxy) is 2. The average Bonchev–Trinajstić information content (AvgIpc) is 2.44. The van der Waals surface area contributed by atoms with E-state index in [9.17, 15) is 9.59 Å². The molecule has 0 aliphatic heterocycles. The SMILES string of the molecule is CC(CC(=O)OCCOC(C)C)NC(=O)c1ccccc1. The maximum absolute atomic E-state index is 11.9. The van der Waals surface area contributed by atoms with Gasteiger partial charge in [0.2, 0.25) is 0 Å². The van der Waals surface area contributed by atoms with Crippen molar-refractivity contribution < 1.29 is 19.1 Å². The zero-order chi connectivity index (χ0) is 15.7. The molecule has 21 heavy (non-hydrogen) atoms. The van der Waals surface area contributed by atoms with Crippen LogP contribution in [0.5, 0.6) is 0 Å². The molecular formula is C16H23NO4. The minimum Gasteiger partial charge on any atom is -0.463 e. The summed E-state index contributed by atoms with van der Waals surface area (Å²) in [4.78, 5) is 23.5. The molecule has 0 radical (unpaired) electrons. The Hall–Kier alpha value is -1.88. The second-order valence-electron chi connectivity index (χ2n) is 5.08. The fourth-order valence-corrected chi connectivity index (χ4v) is 1.70. The van der Waals surface area contributed by atoms with Crippen LogP contribution >= 0.6 is 0 Å². The Bertz CT molecular complexity index is 445. The number of hydrogen-bond donors (Lipinski definition) is 1. The van der Waals surface area contributed by atoms with Crippen LogP contribution in [0.25, 0.3) is 0 Å². The lowest BCUT2D eigenvalue weighted by molar-refractivity contribution is -0.146. The summed E-state index contributed by atoms with van der Waals surface area (Å²) in [5, 5.41) is 2.76. The van der Waals surface area contributed by atoms with Crippen LogP contribution in [0.1, 0.15) is 37.6 Å². The lowest BCUT2D eigenvalue weighted by atomic mass is 10.2. The standard InChI is InChI=1S/C16H23NO4/c1-12(2)20-9-10-21-15(18)11-13(3)17-16(19)14-7-5-4-6-8-14/h4-8,12-13H,9-11H2,1-3H3,(H,17,19). The molecule has 5 heteroatoms. The van der Waals surface area contributed by atoms with Crippen LogP contribution in [-0.4, -0.2) is 37.2 Å². The van der Waals surface area contributed by atoms with Crippen molar-refractivity contribution in [1.29, 1.82) is 0 Å². The number of benzene rings is 1. The van der Waals surface area contributed by atoms with E-state index < -0.39 is 0 Å². The molecule has 0 saturated carbocycles. The summed E-state index contributed by atoms with van der Waals surface area (Å²) < 4.78 is 10.3. The summed E-state index contributed by atoms with van der Waals surface area (Å²) in [6.07, 6.45) is 0.257. The lowest BCUT2D eigenvalue weighted by Gasteiger charge is -2.14. The predicted octanol–water partition coefficient (Wildman–Crippen LogP) is 2.16. The fraction of sp³-hybridized carbons (Fsp3) is 0.500. The second kappa shape index (κ2) is 9.13. The normalized spacial score (nSPS) is 12.0. The molecule has 0 aliphatic carbocycles. The van der Waals surface area contributed by atoms with Gasteiger partial charge >= 0.3 is 5.97 Å². The van der Waals surface area contributed by atoms with Crippen molar-refractivity contribution in [3.05, 3.63) is 35.9 Å². The van der Waals surface area contributed by atoms with E-state index in [1.54, 1.807) is 31.2 Å². The maximum atomic E-state index is 11.9. The zero-order valence-corrected chi connectivity index (χ0v) is 12.8. The first kappa shape index (κ1) is 17.2. The summed E-state index contributed by atoms with van der Waals surface area (Å²) >= 11 is 0. The van der Waals surface area contributed by atoms with Crippen LogP contribution in [0.2, 0.25) is 0 Å². The highest BCUT2D eigenvalue weighted by Gasteiger charge is 2.13. The smallest absolute Gasteiger partial charge is 0.307 e. The van der Waals surface area contributed by atoms with Crippen molar-refractivity contribution in [2.45, 2.75) is 39.3 Å². The third-order valence-electron chi connectivity index (χ3n) is 2.68. The highest BCUT2D eigenvalue weighted by molar-refractivity contribution is 5.94. The predicted molar refractivity (Wildman–Crippen MR) is 80.0 cm³/mol. The van der Waals surface area contributed by atoms with E-state index in [0.29, 0.717) is 12.2 Å². The molecule has 0 saturated heterocycles. The third-order valence-corrected chi connectivity index (χ3v) is 2.68. The van der Waals surface area contributed by atoms with E-state index >= 15 is 0 Å². The van der Waals surface area contributed by atoms with Crippen molar-refractivity contribution in [3.63, 3.8) is 0 Å². The van der Waals surface area contributed by atoms with Gasteiger partial charge in [0.05, 0.1) is 19.1 Å². The summed E-state index contributed by atoms with van der Waals surface area (Å²) in [7, 11) is 0. The van der Waals surface area contributed by atoms with Gasteiger partial charge in [-0.1, -0.05) is 18.2 Å². The minimum absolute atomic E-state index is 0.118. The van der Waals surface area contributed by atoms with Gasteiger partial charge in [-0.05, 0) is 32.9 Å². The van der Waals surface area contributed by atoms with Crippen molar-refractivity contribution in [2.24, 2.45) is 0 Å².